The van der Waals surface area contributed by atoms with E-state index in [4.69, 9.17) is 9.47 Å². The van der Waals surface area contributed by atoms with Crippen LogP contribution in [0.5, 0.6) is 0 Å². The summed E-state index contributed by atoms with van der Waals surface area (Å²) >= 11 is 0. The third-order valence-electron chi connectivity index (χ3n) is 4.29. The molecule has 0 unspecified atom stereocenters. The zero-order valence-electron chi connectivity index (χ0n) is 13.7. The molecular weight excluding hydrogens is 254 g/mol. The lowest BCUT2D eigenvalue weighted by atomic mass is 10.1. The molecule has 0 aromatic rings. The number of hydrogen-bond donors (Lipinski definition) is 0. The monoisotopic (exact) mass is 285 g/mol. The summed E-state index contributed by atoms with van der Waals surface area (Å²) in [5.74, 6) is 0.103. The molecule has 1 rings (SSSR count). The van der Waals surface area contributed by atoms with Crippen molar-refractivity contribution < 1.29 is 14.3 Å². The van der Waals surface area contributed by atoms with Crippen LogP contribution in [0.3, 0.4) is 0 Å². The number of carbonyl (C=O) groups is 1. The van der Waals surface area contributed by atoms with Crippen molar-refractivity contribution in [2.75, 3.05) is 13.2 Å². The maximum Gasteiger partial charge on any atom is 0.251 e. The van der Waals surface area contributed by atoms with Crippen LogP contribution in [0.15, 0.2) is 0 Å². The quantitative estimate of drug-likeness (QED) is 0.688. The molecule has 1 amide bonds. The molecular formula is C16H31NO3. The van der Waals surface area contributed by atoms with E-state index in [0.717, 1.165) is 32.3 Å². The lowest BCUT2D eigenvalue weighted by Crippen LogP contribution is -2.49. The fraction of sp³-hybridized carbons (Fsp3) is 0.938. The molecule has 0 N–H and O–H groups in total. The van der Waals surface area contributed by atoms with E-state index >= 15 is 0 Å². The summed E-state index contributed by atoms with van der Waals surface area (Å²) < 4.78 is 11.3. The molecule has 20 heavy (non-hydrogen) atoms. The largest absolute Gasteiger partial charge is 0.376 e. The maximum atomic E-state index is 12.6. The number of carbonyl (C=O) groups excluding carboxylic acids is 1. The highest BCUT2D eigenvalue weighted by Gasteiger charge is 2.28. The number of amides is 1. The molecule has 1 aliphatic heterocycles. The highest BCUT2D eigenvalue weighted by Crippen LogP contribution is 2.17. The zero-order chi connectivity index (χ0) is 15.1. The van der Waals surface area contributed by atoms with Gasteiger partial charge in [0.1, 0.15) is 6.10 Å². The Kier molecular flexibility index (Phi) is 7.52. The second-order valence-electron chi connectivity index (χ2n) is 5.87. The van der Waals surface area contributed by atoms with Gasteiger partial charge >= 0.3 is 0 Å². The minimum absolute atomic E-state index is 0.103. The van der Waals surface area contributed by atoms with Crippen molar-refractivity contribution in [3.05, 3.63) is 0 Å². The van der Waals surface area contributed by atoms with E-state index in [0.29, 0.717) is 6.61 Å². The van der Waals surface area contributed by atoms with Crippen LogP contribution < -0.4 is 0 Å². The Morgan fingerprint density at radius 1 is 1.25 bits per heavy atom. The average molecular weight is 285 g/mol. The van der Waals surface area contributed by atoms with E-state index in [1.165, 1.54) is 0 Å². The van der Waals surface area contributed by atoms with Crippen LogP contribution >= 0.6 is 0 Å². The Labute approximate surface area is 123 Å². The van der Waals surface area contributed by atoms with Gasteiger partial charge in [0.25, 0.3) is 5.91 Å². The van der Waals surface area contributed by atoms with Gasteiger partial charge in [-0.15, -0.1) is 0 Å². The zero-order valence-corrected chi connectivity index (χ0v) is 13.7. The summed E-state index contributed by atoms with van der Waals surface area (Å²) in [6.45, 7) is 11.7. The third-order valence-corrected chi connectivity index (χ3v) is 4.29. The van der Waals surface area contributed by atoms with Crippen molar-refractivity contribution in [2.24, 2.45) is 0 Å². The standard InChI is InChI=1S/C16H31NO3/c1-6-12(3)17(13(4)7-2)16(18)14(5)20-11-15-9-8-10-19-15/h12-15H,6-11H2,1-5H3/t12-,13-,14-,15+/m0/s1. The average Bonchev–Trinajstić information content (AvgIpc) is 2.97. The summed E-state index contributed by atoms with van der Waals surface area (Å²) in [4.78, 5) is 14.6. The number of nitrogens with zero attached hydrogens (tertiary/aromatic N) is 1. The smallest absolute Gasteiger partial charge is 0.251 e. The number of rotatable bonds is 8. The van der Waals surface area contributed by atoms with Gasteiger partial charge in [0.2, 0.25) is 0 Å². The SMILES string of the molecule is CC[C@H](C)N(C(=O)[C@H](C)OC[C@H]1CCCO1)[C@@H](C)CC. The summed E-state index contributed by atoms with van der Waals surface area (Å²) in [5.41, 5.74) is 0. The summed E-state index contributed by atoms with van der Waals surface area (Å²) in [6.07, 6.45) is 3.86. The van der Waals surface area contributed by atoms with E-state index < -0.39 is 0 Å². The van der Waals surface area contributed by atoms with Gasteiger partial charge in [0.15, 0.2) is 0 Å². The fourth-order valence-electron chi connectivity index (χ4n) is 2.57. The molecule has 0 aromatic carbocycles. The second kappa shape index (κ2) is 8.63. The Morgan fingerprint density at radius 3 is 2.30 bits per heavy atom. The predicted octanol–water partition coefficient (Wildman–Crippen LogP) is 3.00. The van der Waals surface area contributed by atoms with Crippen molar-refractivity contribution in [1.82, 2.24) is 4.90 Å². The molecule has 0 radical (unpaired) electrons. The Morgan fingerprint density at radius 2 is 1.85 bits per heavy atom. The normalized spacial score (nSPS) is 23.4. The van der Waals surface area contributed by atoms with E-state index in [1.807, 2.05) is 11.8 Å². The van der Waals surface area contributed by atoms with Crippen LogP contribution in [0.1, 0.15) is 60.3 Å². The highest BCUT2D eigenvalue weighted by atomic mass is 16.5. The Balaban J connectivity index is 2.53. The topological polar surface area (TPSA) is 38.8 Å². The molecule has 0 spiro atoms. The van der Waals surface area contributed by atoms with Crippen molar-refractivity contribution in [2.45, 2.75) is 84.6 Å². The first-order valence-electron chi connectivity index (χ1n) is 8.06. The van der Waals surface area contributed by atoms with Gasteiger partial charge in [0, 0.05) is 18.7 Å². The molecule has 0 saturated carbocycles. The van der Waals surface area contributed by atoms with E-state index in [1.54, 1.807) is 0 Å². The lowest BCUT2D eigenvalue weighted by molar-refractivity contribution is -0.149. The van der Waals surface area contributed by atoms with Crippen LogP contribution in [-0.4, -0.2) is 48.3 Å². The Hall–Kier alpha value is -0.610. The van der Waals surface area contributed by atoms with Crippen LogP contribution in [0, 0.1) is 0 Å². The Bertz CT molecular complexity index is 279. The number of ether oxygens (including phenoxy) is 2. The van der Waals surface area contributed by atoms with Gasteiger partial charge < -0.3 is 14.4 Å². The number of hydrogen-bond acceptors (Lipinski definition) is 3. The first-order chi connectivity index (χ1) is 9.51. The molecule has 118 valence electrons. The summed E-state index contributed by atoms with van der Waals surface area (Å²) in [7, 11) is 0. The third kappa shape index (κ3) is 4.74. The molecule has 0 bridgehead atoms. The minimum Gasteiger partial charge on any atom is -0.376 e. The van der Waals surface area contributed by atoms with Crippen LogP contribution in [-0.2, 0) is 14.3 Å². The van der Waals surface area contributed by atoms with Crippen molar-refractivity contribution in [1.29, 1.82) is 0 Å². The van der Waals surface area contributed by atoms with Gasteiger partial charge in [-0.05, 0) is 46.5 Å². The van der Waals surface area contributed by atoms with Gasteiger partial charge in [-0.25, -0.2) is 0 Å². The molecule has 0 aromatic heterocycles. The molecule has 4 heteroatoms. The second-order valence-corrected chi connectivity index (χ2v) is 5.87. The van der Waals surface area contributed by atoms with Crippen molar-refractivity contribution in [3.63, 3.8) is 0 Å². The summed E-state index contributed by atoms with van der Waals surface area (Å²) in [6, 6.07) is 0.512. The molecule has 1 heterocycles. The van der Waals surface area contributed by atoms with Crippen LogP contribution in [0.2, 0.25) is 0 Å². The maximum absolute atomic E-state index is 12.6. The van der Waals surface area contributed by atoms with E-state index in [-0.39, 0.29) is 30.2 Å². The van der Waals surface area contributed by atoms with E-state index in [2.05, 4.69) is 27.7 Å². The molecule has 0 aliphatic carbocycles. The fourth-order valence-corrected chi connectivity index (χ4v) is 2.57. The van der Waals surface area contributed by atoms with Crippen molar-refractivity contribution in [3.8, 4) is 0 Å². The van der Waals surface area contributed by atoms with Gasteiger partial charge in [-0.1, -0.05) is 13.8 Å². The van der Waals surface area contributed by atoms with Gasteiger partial charge in [-0.3, -0.25) is 4.79 Å². The minimum atomic E-state index is -0.387. The van der Waals surface area contributed by atoms with Crippen molar-refractivity contribution >= 4 is 5.91 Å². The van der Waals surface area contributed by atoms with Crippen LogP contribution in [0.4, 0.5) is 0 Å². The molecule has 4 atom stereocenters. The molecule has 1 aliphatic rings. The molecule has 1 saturated heterocycles. The first-order valence-corrected chi connectivity index (χ1v) is 8.06. The first kappa shape index (κ1) is 17.4. The predicted molar refractivity (Wildman–Crippen MR) is 80.7 cm³/mol. The van der Waals surface area contributed by atoms with Gasteiger partial charge in [0.05, 0.1) is 12.7 Å². The van der Waals surface area contributed by atoms with E-state index in [9.17, 15) is 4.79 Å². The highest BCUT2D eigenvalue weighted by molar-refractivity contribution is 5.81. The lowest BCUT2D eigenvalue weighted by Gasteiger charge is -2.36. The molecule has 4 nitrogen and oxygen atoms in total. The molecule has 1 fully saturated rings. The summed E-state index contributed by atoms with van der Waals surface area (Å²) in [5, 5.41) is 0. The van der Waals surface area contributed by atoms with Gasteiger partial charge in [-0.2, -0.15) is 0 Å². The van der Waals surface area contributed by atoms with Crippen LogP contribution in [0.25, 0.3) is 0 Å².